The molecule has 0 saturated carbocycles. The Bertz CT molecular complexity index is 772. The molecule has 0 aromatic heterocycles. The molecule has 0 radical (unpaired) electrons. The summed E-state index contributed by atoms with van der Waals surface area (Å²) in [4.78, 5) is 1.54. The number of nitrogens with zero attached hydrogens (tertiary/aromatic N) is 1. The second-order valence-corrected chi connectivity index (χ2v) is 7.20. The summed E-state index contributed by atoms with van der Waals surface area (Å²) < 4.78 is 53.1. The summed E-state index contributed by atoms with van der Waals surface area (Å²) in [5.41, 5.74) is 1.78. The van der Waals surface area contributed by atoms with E-state index < -0.39 is 26.6 Å². The van der Waals surface area contributed by atoms with E-state index in [2.05, 4.69) is 4.72 Å². The van der Waals surface area contributed by atoms with E-state index in [0.717, 1.165) is 23.3 Å². The van der Waals surface area contributed by atoms with Crippen molar-refractivity contribution in [3.8, 4) is 0 Å². The molecule has 0 amide bonds. The molecule has 0 unspecified atom stereocenters. The Morgan fingerprint density at radius 3 is 2.13 bits per heavy atom. The molecular weight excluding hydrogens is 322 g/mol. The van der Waals surface area contributed by atoms with Crippen LogP contribution in [-0.2, 0) is 23.1 Å². The summed E-state index contributed by atoms with van der Waals surface area (Å²) in [5, 5.41) is 0. The molecule has 0 spiro atoms. The third-order valence-electron chi connectivity index (χ3n) is 3.20. The molecule has 0 aliphatic heterocycles. The zero-order valence-electron chi connectivity index (χ0n) is 12.9. The summed E-state index contributed by atoms with van der Waals surface area (Å²) in [6, 6.07) is 9.61. The Labute approximate surface area is 134 Å². The first-order valence-corrected chi connectivity index (χ1v) is 8.43. The quantitative estimate of drug-likeness (QED) is 0.879. The number of benzene rings is 2. The molecule has 0 fully saturated rings. The number of sulfonamides is 1. The summed E-state index contributed by atoms with van der Waals surface area (Å²) >= 11 is 0. The molecule has 23 heavy (non-hydrogen) atoms. The first kappa shape index (κ1) is 17.5. The third kappa shape index (κ3) is 4.82. The average Bonchev–Trinajstić information content (AvgIpc) is 2.45. The zero-order valence-corrected chi connectivity index (χ0v) is 13.7. The van der Waals surface area contributed by atoms with Gasteiger partial charge < -0.3 is 4.90 Å². The van der Waals surface area contributed by atoms with Crippen molar-refractivity contribution in [3.05, 3.63) is 65.2 Å². The molecular formula is C16H18F2N2O2S. The van der Waals surface area contributed by atoms with Crippen LogP contribution in [0.4, 0.5) is 8.78 Å². The molecule has 0 aliphatic carbocycles. The van der Waals surface area contributed by atoms with Crippen LogP contribution < -0.4 is 4.72 Å². The fourth-order valence-corrected chi connectivity index (χ4v) is 3.21. The normalized spacial score (nSPS) is 11.9. The van der Waals surface area contributed by atoms with Crippen molar-refractivity contribution < 1.29 is 17.2 Å². The van der Waals surface area contributed by atoms with Crippen LogP contribution in [0.15, 0.2) is 47.4 Å². The zero-order chi connectivity index (χ0) is 17.0. The predicted molar refractivity (Wildman–Crippen MR) is 84.2 cm³/mol. The number of hydrogen-bond donors (Lipinski definition) is 1. The van der Waals surface area contributed by atoms with Crippen LogP contribution in [0.3, 0.4) is 0 Å². The number of nitrogens with one attached hydrogen (secondary N) is 1. The molecule has 7 heteroatoms. The lowest BCUT2D eigenvalue weighted by Crippen LogP contribution is -2.24. The van der Waals surface area contributed by atoms with E-state index in [1.165, 1.54) is 0 Å². The lowest BCUT2D eigenvalue weighted by Gasteiger charge is -2.15. The van der Waals surface area contributed by atoms with Crippen molar-refractivity contribution in [1.29, 1.82) is 0 Å². The number of halogens is 2. The van der Waals surface area contributed by atoms with Crippen LogP contribution in [0.25, 0.3) is 0 Å². The minimum atomic E-state index is -3.99. The van der Waals surface area contributed by atoms with Gasteiger partial charge in [0.1, 0.15) is 11.6 Å². The van der Waals surface area contributed by atoms with E-state index in [1.807, 2.05) is 43.3 Å². The van der Waals surface area contributed by atoms with E-state index in [9.17, 15) is 17.2 Å². The van der Waals surface area contributed by atoms with Gasteiger partial charge in [-0.15, -0.1) is 0 Å². The molecule has 0 atom stereocenters. The smallest absolute Gasteiger partial charge is 0.241 e. The molecule has 0 saturated heterocycles. The molecule has 2 aromatic rings. The van der Waals surface area contributed by atoms with Gasteiger partial charge in [0.2, 0.25) is 10.0 Å². The third-order valence-corrected chi connectivity index (χ3v) is 4.58. The Balaban J connectivity index is 2.20. The second-order valence-electron chi connectivity index (χ2n) is 5.44. The summed E-state index contributed by atoms with van der Waals surface area (Å²) in [6.45, 7) is 0.705. The van der Waals surface area contributed by atoms with Crippen LogP contribution in [0.1, 0.15) is 11.1 Å². The second kappa shape index (κ2) is 7.16. The molecule has 2 rings (SSSR count). The van der Waals surface area contributed by atoms with E-state index in [-0.39, 0.29) is 6.54 Å². The molecule has 1 N–H and O–H groups in total. The molecule has 2 aromatic carbocycles. The van der Waals surface area contributed by atoms with Crippen molar-refractivity contribution in [2.24, 2.45) is 0 Å². The highest BCUT2D eigenvalue weighted by Crippen LogP contribution is 2.15. The first-order chi connectivity index (χ1) is 10.8. The van der Waals surface area contributed by atoms with Crippen molar-refractivity contribution in [3.63, 3.8) is 0 Å². The summed E-state index contributed by atoms with van der Waals surface area (Å²) in [7, 11) is -0.166. The maximum absolute atomic E-state index is 13.2. The van der Waals surface area contributed by atoms with Crippen LogP contribution in [0, 0.1) is 11.6 Å². The van der Waals surface area contributed by atoms with Crippen molar-refractivity contribution in [1.82, 2.24) is 9.62 Å². The SMILES string of the molecule is CN(C)Cc1ccccc1CNS(=O)(=O)c1cc(F)cc(F)c1. The topological polar surface area (TPSA) is 49.4 Å². The fraction of sp³-hybridized carbons (Fsp3) is 0.250. The van der Waals surface area contributed by atoms with Gasteiger partial charge in [0.25, 0.3) is 0 Å². The standard InChI is InChI=1S/C16H18F2N2O2S/c1-20(2)11-13-6-4-3-5-12(13)10-19-23(21,22)16-8-14(17)7-15(18)9-16/h3-9,19H,10-11H2,1-2H3. The Hall–Kier alpha value is -1.83. The van der Waals surface area contributed by atoms with Gasteiger partial charge in [-0.3, -0.25) is 0 Å². The van der Waals surface area contributed by atoms with Crippen molar-refractivity contribution in [2.75, 3.05) is 14.1 Å². The van der Waals surface area contributed by atoms with E-state index >= 15 is 0 Å². The lowest BCUT2D eigenvalue weighted by molar-refractivity contribution is 0.400. The van der Waals surface area contributed by atoms with E-state index in [1.54, 1.807) is 0 Å². The van der Waals surface area contributed by atoms with Gasteiger partial charge in [0, 0.05) is 19.2 Å². The van der Waals surface area contributed by atoms with Crippen LogP contribution in [0.5, 0.6) is 0 Å². The molecule has 0 heterocycles. The van der Waals surface area contributed by atoms with Crippen LogP contribution >= 0.6 is 0 Å². The van der Waals surface area contributed by atoms with Crippen LogP contribution in [-0.4, -0.2) is 27.4 Å². The van der Waals surface area contributed by atoms with Crippen molar-refractivity contribution >= 4 is 10.0 Å². The Morgan fingerprint density at radius 1 is 1.00 bits per heavy atom. The van der Waals surface area contributed by atoms with Gasteiger partial charge in [-0.1, -0.05) is 24.3 Å². The highest BCUT2D eigenvalue weighted by Gasteiger charge is 2.17. The summed E-state index contributed by atoms with van der Waals surface area (Å²) in [6.07, 6.45) is 0. The monoisotopic (exact) mass is 340 g/mol. The number of rotatable bonds is 6. The Morgan fingerprint density at radius 2 is 1.57 bits per heavy atom. The lowest BCUT2D eigenvalue weighted by atomic mass is 10.1. The molecule has 4 nitrogen and oxygen atoms in total. The maximum Gasteiger partial charge on any atom is 0.241 e. The minimum Gasteiger partial charge on any atom is -0.305 e. The van der Waals surface area contributed by atoms with E-state index in [0.29, 0.717) is 12.6 Å². The molecule has 0 aliphatic rings. The molecule has 0 bridgehead atoms. The Kier molecular flexibility index (Phi) is 5.46. The predicted octanol–water partition coefficient (Wildman–Crippen LogP) is 2.50. The first-order valence-electron chi connectivity index (χ1n) is 6.95. The highest BCUT2D eigenvalue weighted by atomic mass is 32.2. The molecule has 124 valence electrons. The van der Waals surface area contributed by atoms with Crippen molar-refractivity contribution in [2.45, 2.75) is 18.0 Å². The minimum absolute atomic E-state index is 0.0461. The van der Waals surface area contributed by atoms with Gasteiger partial charge in [-0.25, -0.2) is 21.9 Å². The average molecular weight is 340 g/mol. The summed E-state index contributed by atoms with van der Waals surface area (Å²) in [5.74, 6) is -1.86. The fourth-order valence-electron chi connectivity index (χ4n) is 2.16. The maximum atomic E-state index is 13.2. The van der Waals surface area contributed by atoms with Gasteiger partial charge in [0.15, 0.2) is 0 Å². The van der Waals surface area contributed by atoms with Gasteiger partial charge in [-0.05, 0) is 37.4 Å². The van der Waals surface area contributed by atoms with Gasteiger partial charge in [0.05, 0.1) is 4.90 Å². The van der Waals surface area contributed by atoms with E-state index in [4.69, 9.17) is 0 Å². The highest BCUT2D eigenvalue weighted by molar-refractivity contribution is 7.89. The van der Waals surface area contributed by atoms with Gasteiger partial charge >= 0.3 is 0 Å². The largest absolute Gasteiger partial charge is 0.305 e. The van der Waals surface area contributed by atoms with Gasteiger partial charge in [-0.2, -0.15) is 0 Å². The van der Waals surface area contributed by atoms with Crippen LogP contribution in [0.2, 0.25) is 0 Å². The number of hydrogen-bond acceptors (Lipinski definition) is 3.